The largest absolute Gasteiger partial charge is 0.308 e. The van der Waals surface area contributed by atoms with E-state index in [0.717, 1.165) is 27.5 Å². The standard InChI is InChI=1S/C20H23N3OS/c1-14-12-15(2)18-17(13-14)25-20(21-18)23(11-10-22(3)4)19(24)16-8-6-5-7-9-16/h5-9,12-13H,10-11H2,1-4H3. The zero-order chi connectivity index (χ0) is 18.0. The molecule has 0 atom stereocenters. The Bertz CT molecular complexity index is 887. The molecule has 0 spiro atoms. The maximum atomic E-state index is 13.1. The maximum Gasteiger partial charge on any atom is 0.260 e. The van der Waals surface area contributed by atoms with Crippen LogP contribution in [0.25, 0.3) is 10.2 Å². The van der Waals surface area contributed by atoms with Crippen molar-refractivity contribution < 1.29 is 4.79 Å². The van der Waals surface area contributed by atoms with E-state index in [9.17, 15) is 4.79 Å². The van der Waals surface area contributed by atoms with Crippen LogP contribution in [0.4, 0.5) is 5.13 Å². The van der Waals surface area contributed by atoms with Crippen molar-refractivity contribution in [2.45, 2.75) is 13.8 Å². The average Bonchev–Trinajstić information content (AvgIpc) is 2.99. The van der Waals surface area contributed by atoms with Gasteiger partial charge in [-0.05, 0) is 57.3 Å². The smallest absolute Gasteiger partial charge is 0.260 e. The lowest BCUT2D eigenvalue weighted by Crippen LogP contribution is -2.36. The van der Waals surface area contributed by atoms with Crippen molar-refractivity contribution >= 4 is 32.6 Å². The van der Waals surface area contributed by atoms with E-state index in [1.807, 2.05) is 44.4 Å². The second kappa shape index (κ2) is 7.33. The van der Waals surface area contributed by atoms with Crippen LogP contribution < -0.4 is 4.90 Å². The van der Waals surface area contributed by atoms with Gasteiger partial charge in [-0.3, -0.25) is 9.69 Å². The highest BCUT2D eigenvalue weighted by molar-refractivity contribution is 7.22. The normalized spacial score (nSPS) is 11.2. The fraction of sp³-hybridized carbons (Fsp3) is 0.300. The highest BCUT2D eigenvalue weighted by Crippen LogP contribution is 2.32. The summed E-state index contributed by atoms with van der Waals surface area (Å²) >= 11 is 1.58. The molecule has 0 N–H and O–H groups in total. The minimum Gasteiger partial charge on any atom is -0.308 e. The first-order valence-corrected chi connectivity index (χ1v) is 9.17. The molecule has 0 fully saturated rings. The van der Waals surface area contributed by atoms with Crippen molar-refractivity contribution in [1.29, 1.82) is 0 Å². The van der Waals surface area contributed by atoms with E-state index in [2.05, 4.69) is 30.9 Å². The Labute approximate surface area is 152 Å². The summed E-state index contributed by atoms with van der Waals surface area (Å²) in [7, 11) is 4.02. The van der Waals surface area contributed by atoms with Crippen LogP contribution in [0.5, 0.6) is 0 Å². The first kappa shape index (κ1) is 17.6. The third kappa shape index (κ3) is 3.89. The van der Waals surface area contributed by atoms with Crippen molar-refractivity contribution in [1.82, 2.24) is 9.88 Å². The van der Waals surface area contributed by atoms with Crippen molar-refractivity contribution in [3.8, 4) is 0 Å². The SMILES string of the molecule is Cc1cc(C)c2nc(N(CCN(C)C)C(=O)c3ccccc3)sc2c1. The fourth-order valence-electron chi connectivity index (χ4n) is 2.79. The van der Waals surface area contributed by atoms with Gasteiger partial charge in [0.25, 0.3) is 5.91 Å². The van der Waals surface area contributed by atoms with Crippen LogP contribution in [-0.2, 0) is 0 Å². The quantitative estimate of drug-likeness (QED) is 0.692. The zero-order valence-electron chi connectivity index (χ0n) is 15.1. The van der Waals surface area contributed by atoms with Gasteiger partial charge in [-0.15, -0.1) is 0 Å². The number of likely N-dealkylation sites (N-methyl/N-ethyl adjacent to an activating group) is 1. The zero-order valence-corrected chi connectivity index (χ0v) is 15.9. The molecule has 3 rings (SSSR count). The van der Waals surface area contributed by atoms with Crippen LogP contribution in [0.15, 0.2) is 42.5 Å². The summed E-state index contributed by atoms with van der Waals surface area (Å²) in [5.41, 5.74) is 4.04. The molecule has 0 saturated heterocycles. The number of hydrogen-bond donors (Lipinski definition) is 0. The van der Waals surface area contributed by atoms with Crippen LogP contribution in [-0.4, -0.2) is 43.0 Å². The third-order valence-corrected chi connectivity index (χ3v) is 5.11. The summed E-state index contributed by atoms with van der Waals surface area (Å²) in [6.45, 7) is 5.55. The van der Waals surface area contributed by atoms with Gasteiger partial charge in [-0.25, -0.2) is 4.98 Å². The molecule has 1 amide bonds. The molecule has 4 nitrogen and oxygen atoms in total. The summed E-state index contributed by atoms with van der Waals surface area (Å²) in [4.78, 5) is 21.7. The predicted octanol–water partition coefficient (Wildman–Crippen LogP) is 4.12. The van der Waals surface area contributed by atoms with Gasteiger partial charge in [0, 0.05) is 18.7 Å². The molecular formula is C20H23N3OS. The van der Waals surface area contributed by atoms with Crippen molar-refractivity contribution in [2.75, 3.05) is 32.1 Å². The molecule has 1 aromatic heterocycles. The summed E-state index contributed by atoms with van der Waals surface area (Å²) in [5, 5.41) is 0.763. The molecule has 2 aromatic carbocycles. The van der Waals surface area contributed by atoms with E-state index in [0.29, 0.717) is 12.1 Å². The van der Waals surface area contributed by atoms with E-state index in [1.165, 1.54) is 5.56 Å². The number of aryl methyl sites for hydroxylation is 2. The number of carbonyl (C=O) groups is 1. The fourth-order valence-corrected chi connectivity index (χ4v) is 3.96. The van der Waals surface area contributed by atoms with Gasteiger partial charge in [-0.1, -0.05) is 35.6 Å². The van der Waals surface area contributed by atoms with Crippen LogP contribution >= 0.6 is 11.3 Å². The minimum atomic E-state index is -0.00381. The van der Waals surface area contributed by atoms with Crippen molar-refractivity contribution in [3.05, 3.63) is 59.2 Å². The molecule has 0 aliphatic rings. The van der Waals surface area contributed by atoms with Crippen LogP contribution in [0, 0.1) is 13.8 Å². The monoisotopic (exact) mass is 353 g/mol. The van der Waals surface area contributed by atoms with E-state index in [4.69, 9.17) is 4.98 Å². The van der Waals surface area contributed by atoms with Gasteiger partial charge in [0.15, 0.2) is 5.13 Å². The van der Waals surface area contributed by atoms with Gasteiger partial charge in [0.1, 0.15) is 0 Å². The Morgan fingerprint density at radius 3 is 2.48 bits per heavy atom. The molecule has 3 aromatic rings. The van der Waals surface area contributed by atoms with Crippen LogP contribution in [0.3, 0.4) is 0 Å². The summed E-state index contributed by atoms with van der Waals surface area (Å²) in [6.07, 6.45) is 0. The first-order chi connectivity index (χ1) is 12.0. The lowest BCUT2D eigenvalue weighted by atomic mass is 10.1. The number of aromatic nitrogens is 1. The molecule has 0 saturated carbocycles. The number of anilines is 1. The molecule has 0 unspecified atom stereocenters. The molecule has 0 bridgehead atoms. The van der Waals surface area contributed by atoms with Crippen LogP contribution in [0.2, 0.25) is 0 Å². The molecular weight excluding hydrogens is 330 g/mol. The number of benzene rings is 2. The second-order valence-corrected chi connectivity index (χ2v) is 7.56. The highest BCUT2D eigenvalue weighted by Gasteiger charge is 2.21. The average molecular weight is 353 g/mol. The van der Waals surface area contributed by atoms with E-state index >= 15 is 0 Å². The van der Waals surface area contributed by atoms with E-state index in [-0.39, 0.29) is 5.91 Å². The van der Waals surface area contributed by atoms with Gasteiger partial charge in [0.2, 0.25) is 0 Å². The topological polar surface area (TPSA) is 36.4 Å². The highest BCUT2D eigenvalue weighted by atomic mass is 32.1. The predicted molar refractivity (Wildman–Crippen MR) is 106 cm³/mol. The van der Waals surface area contributed by atoms with Gasteiger partial charge in [0.05, 0.1) is 10.2 Å². The summed E-state index contributed by atoms with van der Waals surface area (Å²) in [6, 6.07) is 13.7. The summed E-state index contributed by atoms with van der Waals surface area (Å²) < 4.78 is 1.13. The third-order valence-electron chi connectivity index (χ3n) is 4.09. The Hall–Kier alpha value is -2.24. The number of fused-ring (bicyclic) bond motifs is 1. The maximum absolute atomic E-state index is 13.1. The molecule has 5 heteroatoms. The number of carbonyl (C=O) groups excluding carboxylic acids is 1. The number of hydrogen-bond acceptors (Lipinski definition) is 4. The van der Waals surface area contributed by atoms with Gasteiger partial charge in [-0.2, -0.15) is 0 Å². The number of nitrogens with zero attached hydrogens (tertiary/aromatic N) is 3. The number of thiazole rings is 1. The lowest BCUT2D eigenvalue weighted by molar-refractivity contribution is 0.0985. The summed E-state index contributed by atoms with van der Waals surface area (Å²) in [5.74, 6) is -0.00381. The first-order valence-electron chi connectivity index (χ1n) is 8.35. The Kier molecular flexibility index (Phi) is 5.16. The number of rotatable bonds is 5. The van der Waals surface area contributed by atoms with E-state index in [1.54, 1.807) is 16.2 Å². The Balaban J connectivity index is 2.02. The minimum absolute atomic E-state index is 0.00381. The molecule has 0 radical (unpaired) electrons. The Morgan fingerprint density at radius 2 is 1.80 bits per heavy atom. The molecule has 1 heterocycles. The van der Waals surface area contributed by atoms with Crippen molar-refractivity contribution in [2.24, 2.45) is 0 Å². The number of amides is 1. The van der Waals surface area contributed by atoms with E-state index < -0.39 is 0 Å². The van der Waals surface area contributed by atoms with Gasteiger partial charge >= 0.3 is 0 Å². The molecule has 0 aliphatic carbocycles. The molecule has 130 valence electrons. The molecule has 25 heavy (non-hydrogen) atoms. The molecule has 0 aliphatic heterocycles. The van der Waals surface area contributed by atoms with Gasteiger partial charge < -0.3 is 4.90 Å². The lowest BCUT2D eigenvalue weighted by Gasteiger charge is -2.22. The van der Waals surface area contributed by atoms with Crippen LogP contribution in [0.1, 0.15) is 21.5 Å². The Morgan fingerprint density at radius 1 is 1.08 bits per heavy atom. The van der Waals surface area contributed by atoms with Crippen molar-refractivity contribution in [3.63, 3.8) is 0 Å². The second-order valence-electron chi connectivity index (χ2n) is 6.55.